The van der Waals surface area contributed by atoms with E-state index in [1.165, 1.54) is 12.1 Å². The maximum absolute atomic E-state index is 12.8. The molecule has 0 heterocycles. The Hall–Kier alpha value is -1.78. The zero-order valence-corrected chi connectivity index (χ0v) is 12.1. The van der Waals surface area contributed by atoms with E-state index in [-0.39, 0.29) is 17.3 Å². The van der Waals surface area contributed by atoms with Crippen molar-refractivity contribution in [2.45, 2.75) is 38.3 Å². The van der Waals surface area contributed by atoms with Gasteiger partial charge >= 0.3 is 6.18 Å². The number of ketones is 1. The molecule has 22 heavy (non-hydrogen) atoms. The molecule has 2 aliphatic carbocycles. The lowest BCUT2D eigenvalue weighted by Crippen LogP contribution is -2.18. The Labute approximate surface area is 127 Å². The third-order valence-electron chi connectivity index (χ3n) is 4.79. The van der Waals surface area contributed by atoms with Crippen molar-refractivity contribution in [1.29, 1.82) is 0 Å². The molecule has 0 saturated heterocycles. The number of benzene rings is 1. The van der Waals surface area contributed by atoms with Crippen LogP contribution in [-0.4, -0.2) is 5.78 Å². The number of carbonyl (C=O) groups excluding carboxylic acids is 1. The number of nitrogens with two attached hydrogens (primary N) is 1. The van der Waals surface area contributed by atoms with Crippen LogP contribution in [0.5, 0.6) is 0 Å². The summed E-state index contributed by atoms with van der Waals surface area (Å²) in [5.41, 5.74) is 6.26. The Morgan fingerprint density at radius 1 is 1.14 bits per heavy atom. The Bertz CT molecular complexity index is 627. The summed E-state index contributed by atoms with van der Waals surface area (Å²) < 4.78 is 38.5. The van der Waals surface area contributed by atoms with Crippen molar-refractivity contribution in [1.82, 2.24) is 0 Å². The van der Waals surface area contributed by atoms with Crippen LogP contribution >= 0.6 is 0 Å². The summed E-state index contributed by atoms with van der Waals surface area (Å²) in [6.07, 6.45) is 0.326. The van der Waals surface area contributed by atoms with Crippen LogP contribution in [0.1, 0.15) is 43.2 Å². The second kappa shape index (κ2) is 5.45. The number of carbonyl (C=O) groups is 1. The minimum atomic E-state index is -4.42. The number of rotatable bonds is 2. The zero-order chi connectivity index (χ0) is 15.9. The predicted molar refractivity (Wildman–Crippen MR) is 77.6 cm³/mol. The van der Waals surface area contributed by atoms with Crippen molar-refractivity contribution >= 4 is 11.4 Å². The molecule has 1 aromatic rings. The smallest absolute Gasteiger partial charge is 0.401 e. The van der Waals surface area contributed by atoms with Crippen molar-refractivity contribution in [3.05, 3.63) is 41.1 Å². The highest BCUT2D eigenvalue weighted by molar-refractivity contribution is 6.24. The van der Waals surface area contributed by atoms with Gasteiger partial charge in [0.1, 0.15) is 0 Å². The van der Waals surface area contributed by atoms with Crippen molar-refractivity contribution in [3.8, 4) is 0 Å². The summed E-state index contributed by atoms with van der Waals surface area (Å²) in [7, 11) is 0. The average molecular weight is 309 g/mol. The molecule has 3 rings (SSSR count). The molecule has 118 valence electrons. The monoisotopic (exact) mass is 309 g/mol. The molecule has 1 fully saturated rings. The van der Waals surface area contributed by atoms with Gasteiger partial charge in [0.25, 0.3) is 0 Å². The number of Topliss-reactive ketones (excluding diaryl/α,β-unsaturated/α-hetero) is 1. The van der Waals surface area contributed by atoms with Gasteiger partial charge in [0.05, 0.1) is 5.56 Å². The molecule has 1 unspecified atom stereocenters. The molecule has 5 heteroatoms. The Morgan fingerprint density at radius 3 is 2.45 bits per heavy atom. The Morgan fingerprint density at radius 2 is 1.82 bits per heavy atom. The largest absolute Gasteiger partial charge is 0.416 e. The van der Waals surface area contributed by atoms with Crippen LogP contribution in [0.25, 0.3) is 5.57 Å². The van der Waals surface area contributed by atoms with E-state index in [0.717, 1.165) is 37.8 Å². The number of alkyl halides is 3. The fourth-order valence-electron chi connectivity index (χ4n) is 3.69. The average Bonchev–Trinajstić information content (AvgIpc) is 3.06. The SMILES string of the molecule is NC1=C(c2cccc(C(F)(F)F)c2)C(=O)C(C2CCCC2)C1. The van der Waals surface area contributed by atoms with Gasteiger partial charge in [-0.3, -0.25) is 4.79 Å². The van der Waals surface area contributed by atoms with Crippen LogP contribution in [-0.2, 0) is 11.0 Å². The number of halogens is 3. The Balaban J connectivity index is 1.91. The van der Waals surface area contributed by atoms with Crippen molar-refractivity contribution < 1.29 is 18.0 Å². The highest BCUT2D eigenvalue weighted by Crippen LogP contribution is 2.43. The van der Waals surface area contributed by atoms with E-state index in [1.807, 2.05) is 0 Å². The van der Waals surface area contributed by atoms with E-state index < -0.39 is 11.7 Å². The highest BCUT2D eigenvalue weighted by Gasteiger charge is 2.39. The topological polar surface area (TPSA) is 43.1 Å². The van der Waals surface area contributed by atoms with Crippen LogP contribution < -0.4 is 5.73 Å². The molecule has 0 aromatic heterocycles. The zero-order valence-electron chi connectivity index (χ0n) is 12.1. The summed E-state index contributed by atoms with van der Waals surface area (Å²) in [6, 6.07) is 4.90. The van der Waals surface area contributed by atoms with E-state index in [9.17, 15) is 18.0 Å². The number of allylic oxidation sites excluding steroid dienone is 2. The molecular weight excluding hydrogens is 291 g/mol. The first kappa shape index (κ1) is 15.1. The highest BCUT2D eigenvalue weighted by atomic mass is 19.4. The molecule has 0 radical (unpaired) electrons. The summed E-state index contributed by atoms with van der Waals surface area (Å²) in [5, 5.41) is 0. The van der Waals surface area contributed by atoms with Gasteiger partial charge in [0.2, 0.25) is 0 Å². The molecule has 0 aliphatic heterocycles. The summed E-state index contributed by atoms with van der Waals surface area (Å²) >= 11 is 0. The van der Waals surface area contributed by atoms with Gasteiger partial charge in [-0.25, -0.2) is 0 Å². The van der Waals surface area contributed by atoms with E-state index in [1.54, 1.807) is 0 Å². The molecule has 0 spiro atoms. The van der Waals surface area contributed by atoms with Gasteiger partial charge in [-0.15, -0.1) is 0 Å². The van der Waals surface area contributed by atoms with Crippen molar-refractivity contribution in [3.63, 3.8) is 0 Å². The van der Waals surface area contributed by atoms with Crippen LogP contribution in [0.3, 0.4) is 0 Å². The molecule has 0 amide bonds. The van der Waals surface area contributed by atoms with Gasteiger partial charge in [-0.1, -0.05) is 25.0 Å². The molecule has 1 atom stereocenters. The Kier molecular flexibility index (Phi) is 3.75. The number of hydrogen-bond donors (Lipinski definition) is 1. The third kappa shape index (κ3) is 2.64. The van der Waals surface area contributed by atoms with E-state index in [4.69, 9.17) is 5.73 Å². The predicted octanol–water partition coefficient (Wildman–Crippen LogP) is 4.15. The maximum Gasteiger partial charge on any atom is 0.416 e. The standard InChI is InChI=1S/C17H18F3NO/c18-17(19,20)12-7-3-6-11(8-12)15-14(21)9-13(16(15)22)10-4-1-2-5-10/h3,6-8,10,13H,1-2,4-5,9,21H2. The van der Waals surface area contributed by atoms with E-state index >= 15 is 0 Å². The maximum atomic E-state index is 12.8. The molecule has 1 saturated carbocycles. The fourth-order valence-corrected chi connectivity index (χ4v) is 3.69. The summed E-state index contributed by atoms with van der Waals surface area (Å²) in [5.74, 6) is 0.102. The van der Waals surface area contributed by atoms with Crippen LogP contribution in [0.4, 0.5) is 13.2 Å². The first-order valence-corrected chi connectivity index (χ1v) is 7.58. The van der Waals surface area contributed by atoms with Crippen molar-refractivity contribution in [2.24, 2.45) is 17.6 Å². The lowest BCUT2D eigenvalue weighted by Gasteiger charge is -2.16. The van der Waals surface area contributed by atoms with Crippen LogP contribution in [0.15, 0.2) is 30.0 Å². The molecule has 1 aromatic carbocycles. The van der Waals surface area contributed by atoms with E-state index in [0.29, 0.717) is 23.6 Å². The molecule has 0 bridgehead atoms. The lowest BCUT2D eigenvalue weighted by molar-refractivity contribution is -0.137. The minimum Gasteiger partial charge on any atom is -0.401 e. The molecule has 2 nitrogen and oxygen atoms in total. The van der Waals surface area contributed by atoms with Gasteiger partial charge in [-0.05, 0) is 42.9 Å². The second-order valence-electron chi connectivity index (χ2n) is 6.20. The van der Waals surface area contributed by atoms with Gasteiger partial charge in [0, 0.05) is 17.2 Å². The fraction of sp³-hybridized carbons (Fsp3) is 0.471. The molecule has 2 N–H and O–H groups in total. The van der Waals surface area contributed by atoms with Crippen LogP contribution in [0.2, 0.25) is 0 Å². The van der Waals surface area contributed by atoms with E-state index in [2.05, 4.69) is 0 Å². The second-order valence-corrected chi connectivity index (χ2v) is 6.20. The number of hydrogen-bond acceptors (Lipinski definition) is 2. The quantitative estimate of drug-likeness (QED) is 0.891. The first-order chi connectivity index (χ1) is 10.4. The molecular formula is C17H18F3NO. The first-order valence-electron chi connectivity index (χ1n) is 7.58. The third-order valence-corrected chi connectivity index (χ3v) is 4.79. The van der Waals surface area contributed by atoms with Gasteiger partial charge < -0.3 is 5.73 Å². The minimum absolute atomic E-state index is 0.0799. The van der Waals surface area contributed by atoms with Crippen LogP contribution in [0, 0.1) is 11.8 Å². The van der Waals surface area contributed by atoms with Gasteiger partial charge in [-0.2, -0.15) is 13.2 Å². The summed E-state index contributed by atoms with van der Waals surface area (Å²) in [6.45, 7) is 0. The van der Waals surface area contributed by atoms with Crippen molar-refractivity contribution in [2.75, 3.05) is 0 Å². The summed E-state index contributed by atoms with van der Waals surface area (Å²) in [4.78, 5) is 12.6. The molecule has 2 aliphatic rings. The lowest BCUT2D eigenvalue weighted by atomic mass is 9.86. The normalized spacial score (nSPS) is 23.6. The van der Waals surface area contributed by atoms with Gasteiger partial charge in [0.15, 0.2) is 5.78 Å².